The van der Waals surface area contributed by atoms with E-state index in [1.165, 1.54) is 0 Å². The van der Waals surface area contributed by atoms with Gasteiger partial charge in [-0.2, -0.15) is 0 Å². The smallest absolute Gasteiger partial charge is 0.318 e. The summed E-state index contributed by atoms with van der Waals surface area (Å²) in [6.07, 6.45) is 1.06. The molecule has 0 aliphatic heterocycles. The highest BCUT2D eigenvalue weighted by Crippen LogP contribution is 2.42. The molecular weight excluding hydrogens is 222 g/mol. The highest BCUT2D eigenvalue weighted by Gasteiger charge is 2.49. The summed E-state index contributed by atoms with van der Waals surface area (Å²) < 4.78 is 5.32. The lowest BCUT2D eigenvalue weighted by Gasteiger charge is -2.52. The maximum atomic E-state index is 11.5. The van der Waals surface area contributed by atoms with Gasteiger partial charge in [0.1, 0.15) is 0 Å². The number of hydrogen-bond acceptors (Lipinski definition) is 4. The number of primary amides is 1. The van der Waals surface area contributed by atoms with Gasteiger partial charge in [0.2, 0.25) is 5.91 Å². The lowest BCUT2D eigenvalue weighted by Crippen LogP contribution is -2.64. The summed E-state index contributed by atoms with van der Waals surface area (Å²) in [5.41, 5.74) is 4.87. The fourth-order valence-corrected chi connectivity index (χ4v) is 2.18. The monoisotopic (exact) mass is 243 g/mol. The summed E-state index contributed by atoms with van der Waals surface area (Å²) in [5, 5.41) is 5.23. The van der Waals surface area contributed by atoms with Gasteiger partial charge in [-0.25, -0.2) is 4.79 Å². The molecule has 0 heterocycles. The average Bonchev–Trinajstić information content (AvgIpc) is 2.22. The molecule has 98 valence electrons. The minimum absolute atomic E-state index is 0.0178. The molecule has 6 heteroatoms. The lowest BCUT2D eigenvalue weighted by atomic mass is 9.64. The molecule has 0 aromatic carbocycles. The second-order valence-electron chi connectivity index (χ2n) is 5.08. The highest BCUT2D eigenvalue weighted by atomic mass is 16.5. The average molecular weight is 243 g/mol. The number of carbonyl (C=O) groups excluding carboxylic acids is 2. The summed E-state index contributed by atoms with van der Waals surface area (Å²) >= 11 is 0. The van der Waals surface area contributed by atoms with Gasteiger partial charge >= 0.3 is 6.03 Å². The molecule has 3 amide bonds. The maximum Gasteiger partial charge on any atom is 0.318 e. The molecule has 1 aliphatic rings. The summed E-state index contributed by atoms with van der Waals surface area (Å²) in [6, 6.07) is -1.09. The van der Waals surface area contributed by atoms with Crippen LogP contribution in [0, 0.1) is 5.41 Å². The SMILES string of the molecule is COC1CC(NC(C)C(=O)NC(N)=O)C1(C)C. The molecule has 6 nitrogen and oxygen atoms in total. The first kappa shape index (κ1) is 13.9. The molecule has 1 saturated carbocycles. The van der Waals surface area contributed by atoms with Crippen molar-refractivity contribution in [3.05, 3.63) is 0 Å². The predicted molar refractivity (Wildman–Crippen MR) is 63.3 cm³/mol. The second-order valence-corrected chi connectivity index (χ2v) is 5.08. The van der Waals surface area contributed by atoms with Gasteiger partial charge in [0, 0.05) is 18.6 Å². The van der Waals surface area contributed by atoms with Crippen LogP contribution in [0.3, 0.4) is 0 Å². The first-order chi connectivity index (χ1) is 7.78. The Morgan fingerprint density at radius 1 is 1.47 bits per heavy atom. The third-order valence-electron chi connectivity index (χ3n) is 3.55. The van der Waals surface area contributed by atoms with Crippen molar-refractivity contribution in [1.82, 2.24) is 10.6 Å². The Balaban J connectivity index is 2.46. The van der Waals surface area contributed by atoms with Crippen molar-refractivity contribution in [3.63, 3.8) is 0 Å². The van der Waals surface area contributed by atoms with E-state index in [9.17, 15) is 9.59 Å². The van der Waals surface area contributed by atoms with Crippen LogP contribution in [-0.4, -0.2) is 37.2 Å². The molecule has 0 saturated heterocycles. The lowest BCUT2D eigenvalue weighted by molar-refractivity contribution is -0.126. The number of nitrogens with two attached hydrogens (primary N) is 1. The van der Waals surface area contributed by atoms with Gasteiger partial charge in [-0.15, -0.1) is 0 Å². The standard InChI is InChI=1S/C11H21N3O3/c1-6(9(15)14-10(12)16)13-7-5-8(17-4)11(7,2)3/h6-8,13H,5H2,1-4H3,(H3,12,14,15,16). The van der Waals surface area contributed by atoms with Crippen LogP contribution in [0.2, 0.25) is 0 Å². The molecule has 0 bridgehead atoms. The Kier molecular flexibility index (Phi) is 4.11. The largest absolute Gasteiger partial charge is 0.381 e. The van der Waals surface area contributed by atoms with E-state index in [2.05, 4.69) is 24.5 Å². The van der Waals surface area contributed by atoms with Gasteiger partial charge in [-0.1, -0.05) is 13.8 Å². The van der Waals surface area contributed by atoms with Crippen LogP contribution in [0.15, 0.2) is 0 Å². The fourth-order valence-electron chi connectivity index (χ4n) is 2.18. The van der Waals surface area contributed by atoms with Crippen molar-refractivity contribution >= 4 is 11.9 Å². The van der Waals surface area contributed by atoms with E-state index in [1.54, 1.807) is 14.0 Å². The van der Waals surface area contributed by atoms with E-state index >= 15 is 0 Å². The number of hydrogen-bond donors (Lipinski definition) is 3. The van der Waals surface area contributed by atoms with Crippen LogP contribution in [0.4, 0.5) is 4.79 Å². The molecule has 1 fully saturated rings. The van der Waals surface area contributed by atoms with Crippen molar-refractivity contribution in [2.45, 2.75) is 45.4 Å². The molecule has 4 N–H and O–H groups in total. The molecular formula is C11H21N3O3. The minimum atomic E-state index is -0.828. The van der Waals surface area contributed by atoms with Gasteiger partial charge in [0.15, 0.2) is 0 Å². The molecule has 17 heavy (non-hydrogen) atoms. The fraction of sp³-hybridized carbons (Fsp3) is 0.818. The van der Waals surface area contributed by atoms with Crippen molar-refractivity contribution in [1.29, 1.82) is 0 Å². The summed E-state index contributed by atoms with van der Waals surface area (Å²) in [4.78, 5) is 22.0. The molecule has 0 spiro atoms. The quantitative estimate of drug-likeness (QED) is 0.646. The number of carbonyl (C=O) groups is 2. The van der Waals surface area contributed by atoms with E-state index in [0.717, 1.165) is 6.42 Å². The zero-order valence-electron chi connectivity index (χ0n) is 10.7. The van der Waals surface area contributed by atoms with Gasteiger partial charge in [0.05, 0.1) is 12.1 Å². The zero-order valence-corrected chi connectivity index (χ0v) is 10.7. The topological polar surface area (TPSA) is 93.4 Å². The van der Waals surface area contributed by atoms with Gasteiger partial charge in [-0.05, 0) is 13.3 Å². The Morgan fingerprint density at radius 3 is 2.47 bits per heavy atom. The Bertz CT molecular complexity index is 317. The third kappa shape index (κ3) is 2.95. The van der Waals surface area contributed by atoms with Gasteiger partial charge in [-0.3, -0.25) is 10.1 Å². The van der Waals surface area contributed by atoms with Crippen LogP contribution >= 0.6 is 0 Å². The Morgan fingerprint density at radius 2 is 2.06 bits per heavy atom. The van der Waals surface area contributed by atoms with Gasteiger partial charge in [0.25, 0.3) is 0 Å². The van der Waals surface area contributed by atoms with Crippen LogP contribution in [-0.2, 0) is 9.53 Å². The van der Waals surface area contributed by atoms with Crippen LogP contribution in [0.5, 0.6) is 0 Å². The highest BCUT2D eigenvalue weighted by molar-refractivity contribution is 5.96. The summed E-state index contributed by atoms with van der Waals surface area (Å²) in [5.74, 6) is -0.408. The van der Waals surface area contributed by atoms with E-state index < -0.39 is 18.0 Å². The van der Waals surface area contributed by atoms with Crippen molar-refractivity contribution in [3.8, 4) is 0 Å². The van der Waals surface area contributed by atoms with Crippen LogP contribution in [0.25, 0.3) is 0 Å². The number of nitrogens with one attached hydrogen (secondary N) is 2. The van der Waals surface area contributed by atoms with E-state index in [0.29, 0.717) is 0 Å². The maximum absolute atomic E-state index is 11.5. The number of ether oxygens (including phenoxy) is 1. The number of rotatable bonds is 4. The number of methoxy groups -OCH3 is 1. The Hall–Kier alpha value is -1.14. The van der Waals surface area contributed by atoms with Crippen molar-refractivity contribution < 1.29 is 14.3 Å². The molecule has 1 rings (SSSR count). The predicted octanol–water partition coefficient (Wildman–Crippen LogP) is -0.0271. The first-order valence-corrected chi connectivity index (χ1v) is 5.68. The summed E-state index contributed by atoms with van der Waals surface area (Å²) in [6.45, 7) is 5.87. The van der Waals surface area contributed by atoms with E-state index in [4.69, 9.17) is 10.5 Å². The number of urea groups is 1. The first-order valence-electron chi connectivity index (χ1n) is 5.68. The number of imide groups is 1. The molecule has 1 aliphatic carbocycles. The second kappa shape index (κ2) is 5.01. The normalized spacial score (nSPS) is 28.0. The van der Waals surface area contributed by atoms with E-state index in [-0.39, 0.29) is 17.6 Å². The molecule has 3 unspecified atom stereocenters. The molecule has 0 aromatic rings. The molecule has 3 atom stereocenters. The third-order valence-corrected chi connectivity index (χ3v) is 3.55. The molecule has 0 radical (unpaired) electrons. The van der Waals surface area contributed by atoms with Crippen LogP contribution in [0.1, 0.15) is 27.2 Å². The van der Waals surface area contributed by atoms with Crippen molar-refractivity contribution in [2.75, 3.05) is 7.11 Å². The van der Waals surface area contributed by atoms with Crippen LogP contribution < -0.4 is 16.4 Å². The van der Waals surface area contributed by atoms with Gasteiger partial charge < -0.3 is 15.8 Å². The Labute approximate surface area is 101 Å². The molecule has 0 aromatic heterocycles. The number of amides is 3. The minimum Gasteiger partial charge on any atom is -0.381 e. The van der Waals surface area contributed by atoms with Crippen molar-refractivity contribution in [2.24, 2.45) is 11.1 Å². The van der Waals surface area contributed by atoms with E-state index in [1.807, 2.05) is 0 Å². The summed E-state index contributed by atoms with van der Waals surface area (Å²) in [7, 11) is 1.69. The zero-order chi connectivity index (χ0) is 13.2.